The van der Waals surface area contributed by atoms with Crippen molar-refractivity contribution in [3.8, 4) is 0 Å². The smallest absolute Gasteiger partial charge is 0.310 e. The van der Waals surface area contributed by atoms with Crippen molar-refractivity contribution < 1.29 is 52.4 Å². The second kappa shape index (κ2) is 9.53. The molecule has 11 nitrogen and oxygen atoms in total. The number of furan rings is 1. The van der Waals surface area contributed by atoms with E-state index in [-0.39, 0.29) is 24.8 Å². The molecule has 9 atom stereocenters. The molecule has 1 saturated heterocycles. The maximum atomic E-state index is 15.4. The molecule has 1 N–H and O–H groups in total. The van der Waals surface area contributed by atoms with Crippen LogP contribution in [0.3, 0.4) is 0 Å². The summed E-state index contributed by atoms with van der Waals surface area (Å²) in [5.74, 6) is -4.53. The Kier molecular flexibility index (Phi) is 6.67. The molecule has 5 aliphatic rings. The van der Waals surface area contributed by atoms with Gasteiger partial charge >= 0.3 is 23.9 Å². The fourth-order valence-corrected chi connectivity index (χ4v) is 10.3. The minimum Gasteiger partial charge on any atom is -0.472 e. The molecule has 45 heavy (non-hydrogen) atoms. The van der Waals surface area contributed by atoms with Crippen LogP contribution >= 0.6 is 0 Å². The van der Waals surface area contributed by atoms with Gasteiger partial charge in [-0.1, -0.05) is 41.5 Å². The van der Waals surface area contributed by atoms with Gasteiger partial charge in [0.15, 0.2) is 6.10 Å². The van der Waals surface area contributed by atoms with Crippen molar-refractivity contribution >= 4 is 29.7 Å². The van der Waals surface area contributed by atoms with E-state index in [1.165, 1.54) is 26.6 Å². The van der Waals surface area contributed by atoms with Gasteiger partial charge in [0.25, 0.3) is 0 Å². The lowest BCUT2D eigenvalue weighted by atomic mass is 9.36. The summed E-state index contributed by atoms with van der Waals surface area (Å²) in [6.45, 7) is 11.9. The summed E-state index contributed by atoms with van der Waals surface area (Å²) in [4.78, 5) is 68.1. The number of aliphatic hydroxyl groups is 1. The molecule has 0 spiro atoms. The highest BCUT2D eigenvalue weighted by atomic mass is 16.6. The van der Waals surface area contributed by atoms with Crippen LogP contribution in [-0.2, 0) is 42.9 Å². The summed E-state index contributed by atoms with van der Waals surface area (Å²) in [5.41, 5.74) is -7.36. The molecule has 2 heterocycles. The molecule has 4 aliphatic carbocycles. The van der Waals surface area contributed by atoms with Gasteiger partial charge in [-0.25, -0.2) is 0 Å². The van der Waals surface area contributed by atoms with Crippen LogP contribution in [0, 0.1) is 33.5 Å². The summed E-state index contributed by atoms with van der Waals surface area (Å²) >= 11 is 0. The van der Waals surface area contributed by atoms with E-state index in [0.717, 1.165) is 0 Å². The van der Waals surface area contributed by atoms with Crippen molar-refractivity contribution in [3.63, 3.8) is 0 Å². The molecule has 0 aromatic carbocycles. The Hall–Kier alpha value is -3.47. The van der Waals surface area contributed by atoms with E-state index >= 15 is 4.79 Å². The highest BCUT2D eigenvalue weighted by Crippen LogP contribution is 2.84. The molecule has 1 aromatic heterocycles. The maximum Gasteiger partial charge on any atom is 0.310 e. The second-order valence-electron chi connectivity index (χ2n) is 14.9. The average Bonchev–Trinajstić information content (AvgIpc) is 3.59. The zero-order chi connectivity index (χ0) is 33.1. The Morgan fingerprint density at radius 1 is 1.13 bits per heavy atom. The number of rotatable bonds is 6. The van der Waals surface area contributed by atoms with E-state index in [4.69, 9.17) is 23.4 Å². The number of Topliss-reactive ketones (excluding diaryl/α,β-unsaturated/α-hetero) is 1. The van der Waals surface area contributed by atoms with Crippen LogP contribution < -0.4 is 0 Å². The number of carbonyl (C=O) groups excluding carboxylic acids is 5. The van der Waals surface area contributed by atoms with Crippen molar-refractivity contribution in [1.29, 1.82) is 0 Å². The topological polar surface area (TPSA) is 156 Å². The van der Waals surface area contributed by atoms with Crippen LogP contribution in [0.4, 0.5) is 0 Å². The lowest BCUT2D eigenvalue weighted by Crippen LogP contribution is -2.81. The highest BCUT2D eigenvalue weighted by molar-refractivity contribution is 6.09. The van der Waals surface area contributed by atoms with Gasteiger partial charge in [-0.05, 0) is 42.2 Å². The van der Waals surface area contributed by atoms with Crippen molar-refractivity contribution in [2.45, 2.75) is 104 Å². The fourth-order valence-electron chi connectivity index (χ4n) is 10.3. The van der Waals surface area contributed by atoms with Crippen LogP contribution in [0.1, 0.15) is 92.2 Å². The molecule has 11 heteroatoms. The molecule has 0 radical (unpaired) electrons. The third-order valence-electron chi connectivity index (χ3n) is 12.8. The molecular formula is C34H42O11. The molecule has 6 rings (SSSR count). The van der Waals surface area contributed by atoms with Crippen LogP contribution in [0.15, 0.2) is 34.2 Å². The Balaban J connectivity index is 1.70. The number of carbonyl (C=O) groups is 5. The van der Waals surface area contributed by atoms with Gasteiger partial charge in [-0.15, -0.1) is 0 Å². The molecule has 1 aliphatic heterocycles. The molecule has 0 amide bonds. The van der Waals surface area contributed by atoms with Crippen molar-refractivity contribution in [2.24, 2.45) is 33.5 Å². The quantitative estimate of drug-likeness (QED) is 0.357. The Morgan fingerprint density at radius 3 is 2.40 bits per heavy atom. The lowest BCUT2D eigenvalue weighted by Gasteiger charge is -2.69. The molecule has 4 fully saturated rings. The van der Waals surface area contributed by atoms with Gasteiger partial charge in [-0.3, -0.25) is 24.0 Å². The van der Waals surface area contributed by atoms with Gasteiger partial charge in [0.1, 0.15) is 11.7 Å². The highest BCUT2D eigenvalue weighted by Gasteiger charge is 2.94. The lowest BCUT2D eigenvalue weighted by molar-refractivity contribution is -0.298. The summed E-state index contributed by atoms with van der Waals surface area (Å²) in [5, 5.41) is 13.2. The van der Waals surface area contributed by atoms with Gasteiger partial charge in [0.2, 0.25) is 11.4 Å². The first-order valence-corrected chi connectivity index (χ1v) is 15.6. The molecule has 3 saturated carbocycles. The zero-order valence-electron chi connectivity index (χ0n) is 27.1. The van der Waals surface area contributed by atoms with Crippen molar-refractivity contribution in [1.82, 2.24) is 0 Å². The first-order valence-electron chi connectivity index (χ1n) is 15.6. The van der Waals surface area contributed by atoms with E-state index in [0.29, 0.717) is 24.0 Å². The van der Waals surface area contributed by atoms with Crippen LogP contribution in [-0.4, -0.2) is 59.2 Å². The first-order chi connectivity index (χ1) is 20.9. The van der Waals surface area contributed by atoms with Gasteiger partial charge in [0.05, 0.1) is 38.4 Å². The predicted molar refractivity (Wildman–Crippen MR) is 155 cm³/mol. The molecule has 244 valence electrons. The maximum absolute atomic E-state index is 15.4. The monoisotopic (exact) mass is 626 g/mol. The summed E-state index contributed by atoms with van der Waals surface area (Å²) < 4.78 is 28.6. The van der Waals surface area contributed by atoms with E-state index in [1.807, 2.05) is 20.8 Å². The molecule has 2 bridgehead atoms. The number of hydrogen-bond acceptors (Lipinski definition) is 11. The van der Waals surface area contributed by atoms with Gasteiger partial charge in [0, 0.05) is 34.3 Å². The van der Waals surface area contributed by atoms with E-state index in [9.17, 15) is 24.3 Å². The number of esters is 4. The van der Waals surface area contributed by atoms with E-state index in [2.05, 4.69) is 0 Å². The third-order valence-corrected chi connectivity index (χ3v) is 12.8. The minimum atomic E-state index is -2.33. The average molecular weight is 627 g/mol. The van der Waals surface area contributed by atoms with Crippen LogP contribution in [0.5, 0.6) is 0 Å². The molecule has 1 aromatic rings. The Morgan fingerprint density at radius 2 is 1.82 bits per heavy atom. The van der Waals surface area contributed by atoms with E-state index in [1.54, 1.807) is 26.8 Å². The van der Waals surface area contributed by atoms with Crippen LogP contribution in [0.25, 0.3) is 0 Å². The largest absolute Gasteiger partial charge is 0.472 e. The van der Waals surface area contributed by atoms with Crippen LogP contribution in [0.2, 0.25) is 0 Å². The van der Waals surface area contributed by atoms with Crippen molar-refractivity contribution in [2.75, 3.05) is 7.11 Å². The Labute approximate surface area is 262 Å². The second-order valence-corrected chi connectivity index (χ2v) is 14.9. The predicted octanol–water partition coefficient (Wildman–Crippen LogP) is 4.16. The third kappa shape index (κ3) is 3.48. The van der Waals surface area contributed by atoms with Gasteiger partial charge < -0.3 is 28.5 Å². The minimum absolute atomic E-state index is 0.0743. The number of ketones is 1. The number of ether oxygens (including phenoxy) is 4. The standard InChI is InChI=1S/C34H42O11/c1-17(2)27(39)45-34-25(38)24-20(9-11-29(4)21(24)13-22(36)44-26(29)19-10-12-42-15-19)32(7)31(6,14-23(37)41-8)30(5,16-33(32,34)40)28(34)43-18(3)35/h10,12,15,17,20,26,28,40H,9,11,13-14,16H2,1-8H3/t20-,26-,28-,29+,30-,31-,32+,33+,34+/m0/s1. The Bertz CT molecular complexity index is 1540. The summed E-state index contributed by atoms with van der Waals surface area (Å²) in [6, 6.07) is 1.72. The summed E-state index contributed by atoms with van der Waals surface area (Å²) in [6.07, 6.45) is 1.29. The normalized spacial score (nSPS) is 43.0. The molecule has 0 unspecified atom stereocenters. The van der Waals surface area contributed by atoms with Gasteiger partial charge in [-0.2, -0.15) is 0 Å². The van der Waals surface area contributed by atoms with Crippen molar-refractivity contribution in [3.05, 3.63) is 35.3 Å². The molecular weight excluding hydrogens is 584 g/mol. The number of methoxy groups -OCH3 is 1. The number of cyclic esters (lactones) is 1. The summed E-state index contributed by atoms with van der Waals surface area (Å²) in [7, 11) is 1.28. The van der Waals surface area contributed by atoms with E-state index < -0.39 is 86.6 Å². The number of fused-ring (bicyclic) bond motifs is 4. The number of hydrogen-bond donors (Lipinski definition) is 1. The SMILES string of the molecule is COC(=O)C[C@]1(C)[C@@]2(C)[C@H]3CC[C@]4(C)C(=C3C(=O)[C@@]3(OC(=O)C(C)C)[C@@H](OC(C)=O)[C@]1(C)C[C@@]23O)CC(=O)O[C@H]4c1ccoc1. The zero-order valence-corrected chi connectivity index (χ0v) is 27.1. The fraction of sp³-hybridized carbons (Fsp3) is 0.676. The first kappa shape index (κ1) is 31.5.